The fraction of sp³-hybridized carbons (Fsp3) is 0.559. The van der Waals surface area contributed by atoms with Gasteiger partial charge in [0.25, 0.3) is 5.91 Å². The quantitative estimate of drug-likeness (QED) is 0.312. The van der Waals surface area contributed by atoms with Crippen LogP contribution < -0.4 is 14.8 Å². The lowest BCUT2D eigenvalue weighted by Crippen LogP contribution is -2.61. The summed E-state index contributed by atoms with van der Waals surface area (Å²) < 4.78 is 73.9. The van der Waals surface area contributed by atoms with Crippen molar-refractivity contribution >= 4 is 50.5 Å². The Kier molecular flexibility index (Phi) is 9.99. The molecule has 2 aliphatic heterocycles. The van der Waals surface area contributed by atoms with Gasteiger partial charge in [-0.05, 0) is 52.4 Å². The molecule has 3 aromatic rings. The summed E-state index contributed by atoms with van der Waals surface area (Å²) in [5.41, 5.74) is -1.59. The highest BCUT2D eigenvalue weighted by atomic mass is 32.2. The topological polar surface area (TPSA) is 177 Å². The predicted molar refractivity (Wildman–Crippen MR) is 193 cm³/mol. The number of hydrogen-bond acceptors (Lipinski definition) is 12. The van der Waals surface area contributed by atoms with Gasteiger partial charge in [0, 0.05) is 61.4 Å². The third kappa shape index (κ3) is 7.68. The number of hydrogen-bond donors (Lipinski definition) is 2. The first-order valence-electron chi connectivity index (χ1n) is 17.6. The fourth-order valence-electron chi connectivity index (χ4n) is 6.61. The molecule has 4 atom stereocenters. The van der Waals surface area contributed by atoms with E-state index in [0.29, 0.717) is 48.6 Å². The number of sulfonamides is 1. The SMILES string of the molecule is Cc1csc(-c2cc(O[C@H]3CCN4C(=O)N(C)CCCC/C=C\[C@H]5C[C@@]5(C(=O)NS(=O)(=O)C5(C)CC5)NC(=O)[C@@H]4C3)nc(-c3nc(C(F)(F)F)cs3)n2)n1. The molecule has 4 amide bonds. The normalized spacial score (nSPS) is 26.5. The molecule has 1 saturated heterocycles. The van der Waals surface area contributed by atoms with Crippen LogP contribution >= 0.6 is 22.7 Å². The molecular formula is C34H39F3N8O6S3. The number of aromatic nitrogens is 4. The van der Waals surface area contributed by atoms with Gasteiger partial charge >= 0.3 is 12.2 Å². The molecule has 0 bridgehead atoms. The number of nitrogens with one attached hydrogen (secondary N) is 2. The van der Waals surface area contributed by atoms with Crippen molar-refractivity contribution in [2.24, 2.45) is 5.92 Å². The lowest BCUT2D eigenvalue weighted by Gasteiger charge is -2.40. The van der Waals surface area contributed by atoms with Crippen LogP contribution in [0.2, 0.25) is 0 Å². The number of urea groups is 1. The van der Waals surface area contributed by atoms with Crippen LogP contribution in [0.4, 0.5) is 18.0 Å². The monoisotopic (exact) mass is 808 g/mol. The minimum absolute atomic E-state index is 0.0109. The van der Waals surface area contributed by atoms with Crippen molar-refractivity contribution in [1.29, 1.82) is 0 Å². The summed E-state index contributed by atoms with van der Waals surface area (Å²) in [5, 5.41) is 5.93. The van der Waals surface area contributed by atoms with Gasteiger partial charge in [0.1, 0.15) is 28.4 Å². The number of allylic oxidation sites excluding steroid dienone is 1. The van der Waals surface area contributed by atoms with Crippen LogP contribution in [0, 0.1) is 12.8 Å². The first-order chi connectivity index (χ1) is 25.5. The van der Waals surface area contributed by atoms with Gasteiger partial charge in [-0.3, -0.25) is 14.3 Å². The third-order valence-electron chi connectivity index (χ3n) is 10.3. The molecule has 5 heterocycles. The number of thiazole rings is 2. The van der Waals surface area contributed by atoms with E-state index in [0.717, 1.165) is 23.1 Å². The Labute approximate surface area is 317 Å². The van der Waals surface area contributed by atoms with Crippen molar-refractivity contribution in [3.05, 3.63) is 40.4 Å². The number of halogens is 3. The first-order valence-corrected chi connectivity index (χ1v) is 20.8. The summed E-state index contributed by atoms with van der Waals surface area (Å²) in [6.07, 6.45) is 1.83. The average molecular weight is 809 g/mol. The number of rotatable bonds is 7. The van der Waals surface area contributed by atoms with Crippen LogP contribution in [0.5, 0.6) is 5.88 Å². The number of ether oxygens (including phenoxy) is 1. The van der Waals surface area contributed by atoms with Crippen molar-refractivity contribution < 1.29 is 40.7 Å². The van der Waals surface area contributed by atoms with E-state index in [1.54, 1.807) is 31.2 Å². The molecule has 0 radical (unpaired) electrons. The summed E-state index contributed by atoms with van der Waals surface area (Å²) in [6, 6.07) is 0.0104. The van der Waals surface area contributed by atoms with Gasteiger partial charge in [0.05, 0.1) is 4.75 Å². The van der Waals surface area contributed by atoms with E-state index in [4.69, 9.17) is 4.74 Å². The number of alkyl halides is 3. The number of nitrogens with zero attached hydrogens (tertiary/aromatic N) is 6. The number of piperidine rings is 1. The minimum atomic E-state index is -4.66. The number of amides is 4. The van der Waals surface area contributed by atoms with Crippen molar-refractivity contribution in [1.82, 2.24) is 39.8 Å². The Bertz CT molecular complexity index is 2100. The van der Waals surface area contributed by atoms with E-state index in [9.17, 15) is 36.0 Å². The molecule has 290 valence electrons. The Hall–Kier alpha value is -4.17. The largest absolute Gasteiger partial charge is 0.474 e. The zero-order valence-corrected chi connectivity index (χ0v) is 32.1. The highest BCUT2D eigenvalue weighted by Gasteiger charge is 2.63. The molecule has 54 heavy (non-hydrogen) atoms. The first kappa shape index (κ1) is 38.1. The third-order valence-corrected chi connectivity index (χ3v) is 14.3. The molecule has 3 fully saturated rings. The summed E-state index contributed by atoms with van der Waals surface area (Å²) in [6.45, 7) is 3.91. The molecule has 2 aliphatic carbocycles. The molecule has 20 heteroatoms. The van der Waals surface area contributed by atoms with E-state index in [1.165, 1.54) is 22.3 Å². The van der Waals surface area contributed by atoms with Gasteiger partial charge in [0.2, 0.25) is 21.8 Å². The van der Waals surface area contributed by atoms with Crippen LogP contribution in [-0.2, 0) is 25.8 Å². The maximum atomic E-state index is 14.3. The molecule has 4 aliphatic rings. The fourth-order valence-corrected chi connectivity index (χ4v) is 9.44. The molecular weight excluding hydrogens is 770 g/mol. The van der Waals surface area contributed by atoms with Crippen molar-refractivity contribution in [3.63, 3.8) is 0 Å². The molecule has 0 spiro atoms. The van der Waals surface area contributed by atoms with Crippen molar-refractivity contribution in [3.8, 4) is 27.4 Å². The molecule has 0 unspecified atom stereocenters. The van der Waals surface area contributed by atoms with Gasteiger partial charge in [-0.1, -0.05) is 12.2 Å². The highest BCUT2D eigenvalue weighted by molar-refractivity contribution is 7.91. The van der Waals surface area contributed by atoms with Gasteiger partial charge in [0.15, 0.2) is 16.5 Å². The second-order valence-corrected chi connectivity index (χ2v) is 18.4. The van der Waals surface area contributed by atoms with E-state index >= 15 is 0 Å². The van der Waals surface area contributed by atoms with Crippen LogP contribution in [0.15, 0.2) is 29.0 Å². The molecule has 0 aromatic carbocycles. The predicted octanol–water partition coefficient (Wildman–Crippen LogP) is 4.93. The van der Waals surface area contributed by atoms with Gasteiger partial charge < -0.3 is 19.9 Å². The number of aryl methyl sites for hydroxylation is 1. The van der Waals surface area contributed by atoms with E-state index in [-0.39, 0.29) is 48.6 Å². The molecule has 7 rings (SSSR count). The lowest BCUT2D eigenvalue weighted by molar-refractivity contribution is -0.140. The Morgan fingerprint density at radius 1 is 1.07 bits per heavy atom. The van der Waals surface area contributed by atoms with E-state index in [2.05, 4.69) is 30.0 Å². The van der Waals surface area contributed by atoms with E-state index in [1.807, 2.05) is 12.2 Å². The summed E-state index contributed by atoms with van der Waals surface area (Å²) in [4.78, 5) is 61.8. The van der Waals surface area contributed by atoms with Crippen LogP contribution in [0.1, 0.15) is 69.7 Å². The highest BCUT2D eigenvalue weighted by Crippen LogP contribution is 2.47. The Morgan fingerprint density at radius 3 is 2.52 bits per heavy atom. The second kappa shape index (κ2) is 14.2. The second-order valence-electron chi connectivity index (χ2n) is 14.5. The Balaban J connectivity index is 1.18. The van der Waals surface area contributed by atoms with Crippen LogP contribution in [0.25, 0.3) is 21.5 Å². The van der Waals surface area contributed by atoms with E-state index < -0.39 is 62.1 Å². The number of fused-ring (bicyclic) bond motifs is 2. The number of carbonyl (C=O) groups excluding carboxylic acids is 3. The van der Waals surface area contributed by atoms with Gasteiger partial charge in [-0.2, -0.15) is 18.2 Å². The molecule has 14 nitrogen and oxygen atoms in total. The summed E-state index contributed by atoms with van der Waals surface area (Å²) in [7, 11) is -2.34. The maximum Gasteiger partial charge on any atom is 0.434 e. The van der Waals surface area contributed by atoms with Crippen molar-refractivity contribution in [2.45, 2.75) is 93.8 Å². The van der Waals surface area contributed by atoms with Gasteiger partial charge in [-0.15, -0.1) is 22.7 Å². The van der Waals surface area contributed by atoms with Crippen LogP contribution in [-0.4, -0.2) is 98.6 Å². The zero-order chi connectivity index (χ0) is 38.6. The lowest BCUT2D eigenvalue weighted by atomic mass is 9.97. The molecule has 2 N–H and O–H groups in total. The minimum Gasteiger partial charge on any atom is -0.474 e. The maximum absolute atomic E-state index is 14.3. The standard InChI is InChI=1S/C34H39F3N8O6S3/c1-19-17-52-28(38-19)22-15-25(41-26(39-22)29-40-24(18-53-29)34(35,36)37)51-21-9-13-45-23(14-21)27(46)42-33(30(47)43-54(49,50)32(2)10-11-32)16-20(33)8-6-4-5-7-12-44(3)31(45)48/h6,8,15,17-18,20-21,23H,4-5,7,9-14,16H2,1-3H3,(H,42,46)(H,43,47)/b8-6-/t20-,21-,23-,33+/m0/s1. The Morgan fingerprint density at radius 2 is 1.83 bits per heavy atom. The van der Waals surface area contributed by atoms with Crippen LogP contribution in [0.3, 0.4) is 0 Å². The molecule has 2 saturated carbocycles. The van der Waals surface area contributed by atoms with Gasteiger partial charge in [-0.25, -0.2) is 28.2 Å². The van der Waals surface area contributed by atoms with Crippen molar-refractivity contribution in [2.75, 3.05) is 20.1 Å². The summed E-state index contributed by atoms with van der Waals surface area (Å²) >= 11 is 2.01. The smallest absolute Gasteiger partial charge is 0.434 e. The zero-order valence-electron chi connectivity index (χ0n) is 29.7. The average Bonchev–Trinajstić information content (AvgIpc) is 3.87. The molecule has 3 aromatic heterocycles. The number of carbonyl (C=O) groups is 3. The summed E-state index contributed by atoms with van der Waals surface area (Å²) in [5.74, 6) is -2.01.